The van der Waals surface area contributed by atoms with E-state index in [0.717, 1.165) is 36.0 Å². The number of aryl methyl sites for hydroxylation is 1. The van der Waals surface area contributed by atoms with Crippen LogP contribution in [0.25, 0.3) is 0 Å². The number of nitrogens with one attached hydrogen (secondary N) is 3. The average molecular weight is 289 g/mol. The van der Waals surface area contributed by atoms with Gasteiger partial charge in [0.1, 0.15) is 11.9 Å². The third kappa shape index (κ3) is 2.44. The van der Waals surface area contributed by atoms with Gasteiger partial charge in [-0.1, -0.05) is 13.8 Å². The Morgan fingerprint density at radius 1 is 1.43 bits per heavy atom. The van der Waals surface area contributed by atoms with Crippen LogP contribution in [0, 0.1) is 12.8 Å². The Bertz CT molecular complexity index is 567. The molecule has 114 valence electrons. The van der Waals surface area contributed by atoms with E-state index < -0.39 is 0 Å². The molecule has 2 aliphatic rings. The van der Waals surface area contributed by atoms with Crippen molar-refractivity contribution in [3.63, 3.8) is 0 Å². The van der Waals surface area contributed by atoms with Crippen LogP contribution in [0.1, 0.15) is 19.5 Å². The predicted octanol–water partition coefficient (Wildman–Crippen LogP) is 1.19. The maximum Gasteiger partial charge on any atom is 0.247 e. The Morgan fingerprint density at radius 3 is 2.71 bits per heavy atom. The number of fused-ring (bicyclic) bond motifs is 1. The molecule has 1 saturated heterocycles. The molecular weight excluding hydrogens is 266 g/mol. The molecule has 1 fully saturated rings. The van der Waals surface area contributed by atoms with E-state index in [1.165, 1.54) is 0 Å². The maximum atomic E-state index is 12.3. The van der Waals surface area contributed by atoms with E-state index >= 15 is 0 Å². The van der Waals surface area contributed by atoms with Gasteiger partial charge in [-0.05, 0) is 12.8 Å². The summed E-state index contributed by atoms with van der Waals surface area (Å²) in [6.45, 7) is 8.02. The van der Waals surface area contributed by atoms with Crippen LogP contribution in [0.3, 0.4) is 0 Å². The van der Waals surface area contributed by atoms with Crippen molar-refractivity contribution in [2.24, 2.45) is 5.92 Å². The third-order valence-corrected chi connectivity index (χ3v) is 4.26. The summed E-state index contributed by atoms with van der Waals surface area (Å²) in [7, 11) is 1.98. The summed E-state index contributed by atoms with van der Waals surface area (Å²) in [6.07, 6.45) is 0. The highest BCUT2D eigenvalue weighted by molar-refractivity contribution is 6.04. The Balaban J connectivity index is 1.95. The predicted molar refractivity (Wildman–Crippen MR) is 84.9 cm³/mol. The van der Waals surface area contributed by atoms with E-state index in [1.807, 2.05) is 20.0 Å². The van der Waals surface area contributed by atoms with Crippen LogP contribution >= 0.6 is 0 Å². The van der Waals surface area contributed by atoms with Crippen LogP contribution in [0.5, 0.6) is 0 Å². The minimum atomic E-state index is -0.141. The molecule has 1 aromatic heterocycles. The minimum absolute atomic E-state index is 0.0498. The molecule has 1 unspecified atom stereocenters. The molecule has 3 rings (SSSR count). The Labute approximate surface area is 125 Å². The van der Waals surface area contributed by atoms with Gasteiger partial charge in [-0.25, -0.2) is 4.98 Å². The molecule has 1 aromatic rings. The van der Waals surface area contributed by atoms with Gasteiger partial charge in [0.25, 0.3) is 0 Å². The molecular formula is C15H23N5O. The van der Waals surface area contributed by atoms with Crippen molar-refractivity contribution in [2.45, 2.75) is 32.9 Å². The summed E-state index contributed by atoms with van der Waals surface area (Å²) in [6, 6.07) is 2.34. The van der Waals surface area contributed by atoms with Crippen LogP contribution < -0.4 is 20.9 Å². The number of aromatic nitrogens is 1. The van der Waals surface area contributed by atoms with Gasteiger partial charge in [-0.2, -0.15) is 0 Å². The van der Waals surface area contributed by atoms with Crippen molar-refractivity contribution < 1.29 is 4.79 Å². The first kappa shape index (κ1) is 14.1. The number of carbonyl (C=O) groups is 1. The minimum Gasteiger partial charge on any atom is -0.365 e. The number of hydrogen-bond donors (Lipinski definition) is 3. The molecule has 6 nitrogen and oxygen atoms in total. The van der Waals surface area contributed by atoms with Gasteiger partial charge >= 0.3 is 0 Å². The molecule has 0 aromatic carbocycles. The number of nitrogens with zero attached hydrogens (tertiary/aromatic N) is 2. The summed E-state index contributed by atoms with van der Waals surface area (Å²) < 4.78 is 0. The smallest absolute Gasteiger partial charge is 0.247 e. The van der Waals surface area contributed by atoms with E-state index in [-0.39, 0.29) is 17.9 Å². The normalized spacial score (nSPS) is 21.9. The fraction of sp³-hybridized carbons (Fsp3) is 0.600. The molecule has 2 aliphatic heterocycles. The molecule has 3 N–H and O–H groups in total. The van der Waals surface area contributed by atoms with E-state index in [0.29, 0.717) is 6.04 Å². The average Bonchev–Trinajstić information content (AvgIpc) is 2.35. The lowest BCUT2D eigenvalue weighted by Gasteiger charge is -2.38. The van der Waals surface area contributed by atoms with Gasteiger partial charge in [0, 0.05) is 26.2 Å². The molecule has 3 heterocycles. The Morgan fingerprint density at radius 2 is 2.14 bits per heavy atom. The number of likely N-dealkylation sites (N-methyl/N-ethyl adjacent to an activating group) is 1. The van der Waals surface area contributed by atoms with E-state index in [4.69, 9.17) is 0 Å². The largest absolute Gasteiger partial charge is 0.365 e. The molecule has 0 saturated carbocycles. The van der Waals surface area contributed by atoms with Crippen molar-refractivity contribution in [1.29, 1.82) is 0 Å². The van der Waals surface area contributed by atoms with Crippen molar-refractivity contribution in [3.05, 3.63) is 11.8 Å². The molecule has 1 atom stereocenters. The van der Waals surface area contributed by atoms with E-state index in [2.05, 4.69) is 39.7 Å². The summed E-state index contributed by atoms with van der Waals surface area (Å²) in [4.78, 5) is 18.9. The van der Waals surface area contributed by atoms with Crippen molar-refractivity contribution in [2.75, 3.05) is 35.7 Å². The molecule has 6 heteroatoms. The number of carbonyl (C=O) groups excluding carboxylic acids is 1. The quantitative estimate of drug-likeness (QED) is 0.780. The SMILES string of the molecule is Cc1nc(NC2CNC2)cc2c1NC(=O)C(C(C)C)N2C. The zero-order chi connectivity index (χ0) is 15.1. The highest BCUT2D eigenvalue weighted by Crippen LogP contribution is 2.36. The fourth-order valence-electron chi connectivity index (χ4n) is 3.04. The Kier molecular flexibility index (Phi) is 3.49. The summed E-state index contributed by atoms with van der Waals surface area (Å²) in [5.41, 5.74) is 2.72. The topological polar surface area (TPSA) is 69.3 Å². The number of pyridine rings is 1. The summed E-state index contributed by atoms with van der Waals surface area (Å²) >= 11 is 0. The second-order valence-corrected chi connectivity index (χ2v) is 6.28. The van der Waals surface area contributed by atoms with Gasteiger partial charge in [0.15, 0.2) is 0 Å². The Hall–Kier alpha value is -1.82. The molecule has 0 spiro atoms. The second kappa shape index (κ2) is 5.18. The van der Waals surface area contributed by atoms with Crippen molar-refractivity contribution >= 4 is 23.1 Å². The zero-order valence-corrected chi connectivity index (χ0v) is 13.0. The van der Waals surface area contributed by atoms with Crippen molar-refractivity contribution in [3.8, 4) is 0 Å². The zero-order valence-electron chi connectivity index (χ0n) is 13.0. The number of anilines is 3. The first-order valence-corrected chi connectivity index (χ1v) is 7.50. The first-order chi connectivity index (χ1) is 9.97. The van der Waals surface area contributed by atoms with Crippen LogP contribution in [0.2, 0.25) is 0 Å². The first-order valence-electron chi connectivity index (χ1n) is 7.50. The van der Waals surface area contributed by atoms with Crippen LogP contribution in [-0.4, -0.2) is 43.1 Å². The molecule has 0 radical (unpaired) electrons. The van der Waals surface area contributed by atoms with E-state index in [9.17, 15) is 4.79 Å². The van der Waals surface area contributed by atoms with Gasteiger partial charge in [0.05, 0.1) is 23.1 Å². The molecule has 1 amide bonds. The molecule has 21 heavy (non-hydrogen) atoms. The maximum absolute atomic E-state index is 12.3. The van der Waals surface area contributed by atoms with Crippen LogP contribution in [0.4, 0.5) is 17.2 Å². The number of hydrogen-bond acceptors (Lipinski definition) is 5. The van der Waals surface area contributed by atoms with Crippen LogP contribution in [0.15, 0.2) is 6.07 Å². The third-order valence-electron chi connectivity index (χ3n) is 4.26. The van der Waals surface area contributed by atoms with Crippen LogP contribution in [-0.2, 0) is 4.79 Å². The lowest BCUT2D eigenvalue weighted by molar-refractivity contribution is -0.118. The van der Waals surface area contributed by atoms with Gasteiger partial charge in [0.2, 0.25) is 5.91 Å². The number of amides is 1. The number of rotatable bonds is 3. The molecule has 0 aliphatic carbocycles. The van der Waals surface area contributed by atoms with Gasteiger partial charge < -0.3 is 20.9 Å². The lowest BCUT2D eigenvalue weighted by atomic mass is 9.98. The lowest BCUT2D eigenvalue weighted by Crippen LogP contribution is -2.52. The highest BCUT2D eigenvalue weighted by atomic mass is 16.2. The fourth-order valence-corrected chi connectivity index (χ4v) is 3.04. The monoisotopic (exact) mass is 289 g/mol. The summed E-state index contributed by atoms with van der Waals surface area (Å²) in [5, 5.41) is 9.68. The van der Waals surface area contributed by atoms with Gasteiger partial charge in [-0.3, -0.25) is 4.79 Å². The van der Waals surface area contributed by atoms with E-state index in [1.54, 1.807) is 0 Å². The highest BCUT2D eigenvalue weighted by Gasteiger charge is 2.34. The standard InChI is InChI=1S/C15H23N5O/c1-8(2)14-15(21)19-13-9(3)17-12(5-11(13)20(14)4)18-10-6-16-7-10/h5,8,10,14,16H,6-7H2,1-4H3,(H,17,18)(H,19,21). The summed E-state index contributed by atoms with van der Waals surface area (Å²) in [5.74, 6) is 1.18. The van der Waals surface area contributed by atoms with Gasteiger partial charge in [-0.15, -0.1) is 0 Å². The molecule has 0 bridgehead atoms. The van der Waals surface area contributed by atoms with Crippen molar-refractivity contribution in [1.82, 2.24) is 10.3 Å². The second-order valence-electron chi connectivity index (χ2n) is 6.28.